The number of aromatic nitrogens is 1. The number of hydrogen-bond donors (Lipinski definition) is 1. The molecule has 0 aliphatic rings. The lowest BCUT2D eigenvalue weighted by Crippen LogP contribution is -2.16. The molecule has 2 aromatic carbocycles. The SMILES string of the molecule is COc1cc2c(CC(N)=O)c(C)n(C(=O)c3ccc(OC(F)F)cc3)c2cc1Cl. The number of nitrogens with two attached hydrogens (primary N) is 1. The van der Waals surface area contributed by atoms with Crippen LogP contribution in [0.15, 0.2) is 36.4 Å². The van der Waals surface area contributed by atoms with Gasteiger partial charge in [-0.2, -0.15) is 8.78 Å². The zero-order valence-corrected chi connectivity index (χ0v) is 16.3. The summed E-state index contributed by atoms with van der Waals surface area (Å²) < 4.78 is 35.6. The Morgan fingerprint density at radius 3 is 2.41 bits per heavy atom. The Morgan fingerprint density at radius 2 is 1.86 bits per heavy atom. The van der Waals surface area contributed by atoms with Gasteiger partial charge in [0.05, 0.1) is 24.1 Å². The molecule has 29 heavy (non-hydrogen) atoms. The van der Waals surface area contributed by atoms with Crippen LogP contribution < -0.4 is 15.2 Å². The molecule has 0 saturated carbocycles. The van der Waals surface area contributed by atoms with Crippen LogP contribution in [0.1, 0.15) is 21.6 Å². The van der Waals surface area contributed by atoms with E-state index in [1.54, 1.807) is 19.1 Å². The van der Waals surface area contributed by atoms with Gasteiger partial charge in [-0.05, 0) is 48.9 Å². The molecule has 0 atom stereocenters. The number of rotatable bonds is 6. The van der Waals surface area contributed by atoms with E-state index in [4.69, 9.17) is 22.1 Å². The van der Waals surface area contributed by atoms with Gasteiger partial charge in [0.2, 0.25) is 5.91 Å². The van der Waals surface area contributed by atoms with Crippen LogP contribution in [0.25, 0.3) is 10.9 Å². The normalized spacial score (nSPS) is 11.1. The van der Waals surface area contributed by atoms with Crippen LogP contribution in [0.3, 0.4) is 0 Å². The van der Waals surface area contributed by atoms with Crippen molar-refractivity contribution < 1.29 is 27.8 Å². The Morgan fingerprint density at radius 1 is 1.21 bits per heavy atom. The highest BCUT2D eigenvalue weighted by Crippen LogP contribution is 2.35. The number of fused-ring (bicyclic) bond motifs is 1. The van der Waals surface area contributed by atoms with Crippen molar-refractivity contribution in [3.63, 3.8) is 0 Å². The summed E-state index contributed by atoms with van der Waals surface area (Å²) in [6, 6.07) is 8.53. The van der Waals surface area contributed by atoms with E-state index < -0.39 is 18.4 Å². The van der Waals surface area contributed by atoms with Crippen LogP contribution in [-0.4, -0.2) is 30.1 Å². The molecular weight excluding hydrogens is 406 g/mol. The number of alkyl halides is 2. The molecule has 1 aromatic heterocycles. The first-order chi connectivity index (χ1) is 13.7. The molecule has 0 aliphatic carbocycles. The number of halogens is 3. The summed E-state index contributed by atoms with van der Waals surface area (Å²) in [5.41, 5.74) is 7.18. The number of carbonyl (C=O) groups excluding carboxylic acids is 2. The van der Waals surface area contributed by atoms with E-state index in [1.807, 2.05) is 0 Å². The van der Waals surface area contributed by atoms with E-state index in [9.17, 15) is 18.4 Å². The van der Waals surface area contributed by atoms with Crippen molar-refractivity contribution in [2.45, 2.75) is 20.0 Å². The number of carbonyl (C=O) groups is 2. The van der Waals surface area contributed by atoms with Crippen molar-refractivity contribution in [1.29, 1.82) is 0 Å². The van der Waals surface area contributed by atoms with Gasteiger partial charge in [-0.15, -0.1) is 0 Å². The van der Waals surface area contributed by atoms with Crippen LogP contribution in [0.4, 0.5) is 8.78 Å². The quantitative estimate of drug-likeness (QED) is 0.652. The third kappa shape index (κ3) is 4.02. The lowest BCUT2D eigenvalue weighted by Gasteiger charge is -2.10. The summed E-state index contributed by atoms with van der Waals surface area (Å²) in [6.45, 7) is -1.27. The predicted molar refractivity (Wildman–Crippen MR) is 104 cm³/mol. The average Bonchev–Trinajstić information content (AvgIpc) is 2.91. The molecule has 9 heteroatoms. The summed E-state index contributed by atoms with van der Waals surface area (Å²) in [5.74, 6) is -0.647. The number of primary amides is 1. The molecule has 0 spiro atoms. The first-order valence-electron chi connectivity index (χ1n) is 8.48. The zero-order chi connectivity index (χ0) is 21.3. The van der Waals surface area contributed by atoms with Crippen molar-refractivity contribution in [3.05, 3.63) is 58.2 Å². The van der Waals surface area contributed by atoms with E-state index in [0.29, 0.717) is 27.9 Å². The van der Waals surface area contributed by atoms with Gasteiger partial charge in [-0.25, -0.2) is 0 Å². The Labute approximate surface area is 169 Å². The highest BCUT2D eigenvalue weighted by atomic mass is 35.5. The molecule has 0 bridgehead atoms. The number of benzene rings is 2. The van der Waals surface area contributed by atoms with Crippen LogP contribution in [0, 0.1) is 6.92 Å². The smallest absolute Gasteiger partial charge is 0.387 e. The van der Waals surface area contributed by atoms with Crippen molar-refractivity contribution >= 4 is 34.3 Å². The molecule has 152 valence electrons. The van der Waals surface area contributed by atoms with Crippen molar-refractivity contribution in [2.24, 2.45) is 5.73 Å². The fourth-order valence-electron chi connectivity index (χ4n) is 3.20. The van der Waals surface area contributed by atoms with E-state index in [-0.39, 0.29) is 22.8 Å². The average molecular weight is 423 g/mol. The summed E-state index contributed by atoms with van der Waals surface area (Å²) in [4.78, 5) is 24.7. The van der Waals surface area contributed by atoms with Crippen LogP contribution in [0.5, 0.6) is 11.5 Å². The molecule has 0 unspecified atom stereocenters. The molecule has 1 heterocycles. The second kappa shape index (κ2) is 8.08. The van der Waals surface area contributed by atoms with Crippen LogP contribution in [-0.2, 0) is 11.2 Å². The molecule has 6 nitrogen and oxygen atoms in total. The molecule has 2 N–H and O–H groups in total. The number of methoxy groups -OCH3 is 1. The second-order valence-corrected chi connectivity index (χ2v) is 6.66. The first-order valence-corrected chi connectivity index (χ1v) is 8.86. The van der Waals surface area contributed by atoms with Gasteiger partial charge >= 0.3 is 6.61 Å². The minimum Gasteiger partial charge on any atom is -0.495 e. The third-order valence-electron chi connectivity index (χ3n) is 4.49. The number of amides is 1. The highest BCUT2D eigenvalue weighted by Gasteiger charge is 2.22. The topological polar surface area (TPSA) is 83.5 Å². The summed E-state index contributed by atoms with van der Waals surface area (Å²) in [5, 5.41) is 0.895. The fourth-order valence-corrected chi connectivity index (χ4v) is 3.44. The van der Waals surface area contributed by atoms with E-state index in [2.05, 4.69) is 4.74 Å². The van der Waals surface area contributed by atoms with Gasteiger partial charge in [0.1, 0.15) is 11.5 Å². The minimum atomic E-state index is -2.96. The lowest BCUT2D eigenvalue weighted by molar-refractivity contribution is -0.117. The molecule has 3 aromatic rings. The Balaban J connectivity index is 2.15. The molecule has 0 saturated heterocycles. The van der Waals surface area contributed by atoms with Crippen LogP contribution >= 0.6 is 11.6 Å². The Hall–Kier alpha value is -3.13. The maximum absolute atomic E-state index is 13.2. The Kier molecular flexibility index (Phi) is 5.74. The molecule has 0 aliphatic heterocycles. The number of nitrogens with zero attached hydrogens (tertiary/aromatic N) is 1. The highest BCUT2D eigenvalue weighted by molar-refractivity contribution is 6.33. The van der Waals surface area contributed by atoms with Crippen molar-refractivity contribution in [3.8, 4) is 11.5 Å². The van der Waals surface area contributed by atoms with Gasteiger partial charge in [0, 0.05) is 16.6 Å². The predicted octanol–water partition coefficient (Wildman–Crippen LogP) is 3.93. The standard InChI is InChI=1S/C20H17ClF2N2O4/c1-10-13(8-18(24)26)14-7-17(28-2)15(21)9-16(14)25(10)19(27)11-3-5-12(6-4-11)29-20(22)23/h3-7,9,20H,8H2,1-2H3,(H2,24,26). The maximum atomic E-state index is 13.2. The molecule has 0 fully saturated rings. The summed E-state index contributed by atoms with van der Waals surface area (Å²) in [7, 11) is 1.46. The number of hydrogen-bond acceptors (Lipinski definition) is 4. The maximum Gasteiger partial charge on any atom is 0.387 e. The number of ether oxygens (including phenoxy) is 2. The fraction of sp³-hybridized carbons (Fsp3) is 0.200. The Bertz CT molecular complexity index is 1090. The second-order valence-electron chi connectivity index (χ2n) is 6.25. The lowest BCUT2D eigenvalue weighted by atomic mass is 10.1. The van der Waals surface area contributed by atoms with Crippen LogP contribution in [0.2, 0.25) is 5.02 Å². The molecule has 0 radical (unpaired) electrons. The summed E-state index contributed by atoms with van der Waals surface area (Å²) in [6.07, 6.45) is -0.0748. The van der Waals surface area contributed by atoms with Gasteiger partial charge in [-0.3, -0.25) is 14.2 Å². The van der Waals surface area contributed by atoms with Crippen molar-refractivity contribution in [2.75, 3.05) is 7.11 Å². The van der Waals surface area contributed by atoms with Crippen molar-refractivity contribution in [1.82, 2.24) is 4.57 Å². The van der Waals surface area contributed by atoms with E-state index in [0.717, 1.165) is 0 Å². The monoisotopic (exact) mass is 422 g/mol. The van der Waals surface area contributed by atoms with Gasteiger partial charge in [0.25, 0.3) is 5.91 Å². The zero-order valence-electron chi connectivity index (χ0n) is 15.5. The largest absolute Gasteiger partial charge is 0.495 e. The van der Waals surface area contributed by atoms with Gasteiger partial charge in [-0.1, -0.05) is 11.6 Å². The molecule has 3 rings (SSSR count). The van der Waals surface area contributed by atoms with Gasteiger partial charge < -0.3 is 15.2 Å². The van der Waals surface area contributed by atoms with E-state index in [1.165, 1.54) is 35.9 Å². The third-order valence-corrected chi connectivity index (χ3v) is 4.78. The summed E-state index contributed by atoms with van der Waals surface area (Å²) >= 11 is 6.23. The van der Waals surface area contributed by atoms with E-state index >= 15 is 0 Å². The molecular formula is C20H17ClF2N2O4. The minimum absolute atomic E-state index is 0.0622. The first kappa shape index (κ1) is 20.6. The molecule has 1 amide bonds. The van der Waals surface area contributed by atoms with Gasteiger partial charge in [0.15, 0.2) is 0 Å².